The second-order valence-electron chi connectivity index (χ2n) is 3.26. The van der Waals surface area contributed by atoms with Crippen molar-refractivity contribution in [1.29, 1.82) is 0 Å². The number of nitrogens with zero attached hydrogens (tertiary/aromatic N) is 2. The van der Waals surface area contributed by atoms with Crippen LogP contribution in [-0.4, -0.2) is 35.3 Å². The Balaban J connectivity index is 2.32. The normalized spacial score (nSPS) is 10.0. The Morgan fingerprint density at radius 1 is 1.26 bits per heavy atom. The second-order valence-corrected chi connectivity index (χ2v) is 4.17. The third-order valence-electron chi connectivity index (χ3n) is 2.10. The highest BCUT2D eigenvalue weighted by molar-refractivity contribution is 7.12. The lowest BCUT2D eigenvalue weighted by atomic mass is 10.4. The molecule has 0 atom stereocenters. The molecule has 19 heavy (non-hydrogen) atoms. The van der Waals surface area contributed by atoms with E-state index in [4.69, 9.17) is 19.3 Å². The minimum atomic E-state index is -1.07. The van der Waals surface area contributed by atoms with Gasteiger partial charge in [-0.05, 0) is 11.4 Å². The molecule has 0 aromatic carbocycles. The molecule has 100 valence electrons. The average molecular weight is 282 g/mol. The standard InChI is InChI=1S/C11H10N2O5S/c1-16-7-5-8(17-2)13-11(12-7)18-6-3-4-19-9(6)10(14)15/h3-5H,1-2H3,(H,14,15). The fourth-order valence-corrected chi connectivity index (χ4v) is 1.93. The first-order chi connectivity index (χ1) is 9.13. The van der Waals surface area contributed by atoms with Gasteiger partial charge in [0.1, 0.15) is 0 Å². The Morgan fingerprint density at radius 2 is 1.89 bits per heavy atom. The van der Waals surface area contributed by atoms with Crippen molar-refractivity contribution in [3.63, 3.8) is 0 Å². The van der Waals surface area contributed by atoms with Crippen LogP contribution in [0.4, 0.5) is 0 Å². The van der Waals surface area contributed by atoms with Crippen LogP contribution in [-0.2, 0) is 0 Å². The van der Waals surface area contributed by atoms with E-state index >= 15 is 0 Å². The molecule has 0 radical (unpaired) electrons. The zero-order valence-corrected chi connectivity index (χ0v) is 10.9. The van der Waals surface area contributed by atoms with Crippen LogP contribution in [0.25, 0.3) is 0 Å². The summed E-state index contributed by atoms with van der Waals surface area (Å²) < 4.78 is 15.3. The van der Waals surface area contributed by atoms with Gasteiger partial charge in [0, 0.05) is 0 Å². The number of hydrogen-bond donors (Lipinski definition) is 1. The maximum Gasteiger partial charge on any atom is 0.349 e. The van der Waals surface area contributed by atoms with Crippen LogP contribution < -0.4 is 14.2 Å². The van der Waals surface area contributed by atoms with Gasteiger partial charge in [0.2, 0.25) is 11.8 Å². The first kappa shape index (κ1) is 13.1. The largest absolute Gasteiger partial charge is 0.481 e. The molecule has 2 heterocycles. The third kappa shape index (κ3) is 2.91. The van der Waals surface area contributed by atoms with Crippen molar-refractivity contribution in [2.45, 2.75) is 0 Å². The number of rotatable bonds is 5. The molecule has 0 saturated heterocycles. The van der Waals surface area contributed by atoms with Gasteiger partial charge in [-0.25, -0.2) is 4.79 Å². The zero-order valence-electron chi connectivity index (χ0n) is 10.1. The smallest absolute Gasteiger partial charge is 0.349 e. The summed E-state index contributed by atoms with van der Waals surface area (Å²) in [6.07, 6.45) is 0. The number of carboxylic acid groups (broad SMARTS) is 1. The molecule has 2 aromatic rings. The Morgan fingerprint density at radius 3 is 2.42 bits per heavy atom. The van der Waals surface area contributed by atoms with Gasteiger partial charge in [0.25, 0.3) is 0 Å². The van der Waals surface area contributed by atoms with E-state index in [0.717, 1.165) is 11.3 Å². The first-order valence-corrected chi connectivity index (χ1v) is 5.97. The molecule has 2 rings (SSSR count). The van der Waals surface area contributed by atoms with Crippen LogP contribution >= 0.6 is 11.3 Å². The molecule has 0 amide bonds. The van der Waals surface area contributed by atoms with E-state index in [0.29, 0.717) is 0 Å². The lowest BCUT2D eigenvalue weighted by Crippen LogP contribution is -2.00. The van der Waals surface area contributed by atoms with Crippen LogP contribution in [0.2, 0.25) is 0 Å². The van der Waals surface area contributed by atoms with Crippen molar-refractivity contribution < 1.29 is 24.1 Å². The monoisotopic (exact) mass is 282 g/mol. The maximum absolute atomic E-state index is 11.0. The van der Waals surface area contributed by atoms with Gasteiger partial charge in [0.05, 0.1) is 20.3 Å². The summed E-state index contributed by atoms with van der Waals surface area (Å²) in [6.45, 7) is 0. The fourth-order valence-electron chi connectivity index (χ4n) is 1.27. The summed E-state index contributed by atoms with van der Waals surface area (Å²) in [4.78, 5) is 18.9. The number of thiophene rings is 1. The molecular weight excluding hydrogens is 272 g/mol. The summed E-state index contributed by atoms with van der Waals surface area (Å²) in [5.41, 5.74) is 0. The number of aromatic carboxylic acids is 1. The van der Waals surface area contributed by atoms with Gasteiger partial charge in [-0.3, -0.25) is 0 Å². The molecule has 8 heteroatoms. The second kappa shape index (κ2) is 5.53. The molecular formula is C11H10N2O5S. The predicted octanol–water partition coefficient (Wildman–Crippen LogP) is 2.05. The van der Waals surface area contributed by atoms with Crippen LogP contribution in [0.5, 0.6) is 23.5 Å². The lowest BCUT2D eigenvalue weighted by Gasteiger charge is -2.06. The van der Waals surface area contributed by atoms with Crippen molar-refractivity contribution >= 4 is 17.3 Å². The lowest BCUT2D eigenvalue weighted by molar-refractivity contribution is 0.0699. The molecule has 1 N–H and O–H groups in total. The average Bonchev–Trinajstić information content (AvgIpc) is 2.86. The van der Waals surface area contributed by atoms with Gasteiger partial charge in [0.15, 0.2) is 10.6 Å². The van der Waals surface area contributed by atoms with E-state index in [9.17, 15) is 4.79 Å². The number of carboxylic acids is 1. The summed E-state index contributed by atoms with van der Waals surface area (Å²) >= 11 is 1.05. The maximum atomic E-state index is 11.0. The molecule has 0 fully saturated rings. The zero-order chi connectivity index (χ0) is 13.8. The number of methoxy groups -OCH3 is 2. The van der Waals surface area contributed by atoms with Gasteiger partial charge in [-0.15, -0.1) is 11.3 Å². The van der Waals surface area contributed by atoms with E-state index in [1.807, 2.05) is 0 Å². The van der Waals surface area contributed by atoms with Gasteiger partial charge < -0.3 is 19.3 Å². The van der Waals surface area contributed by atoms with E-state index in [-0.39, 0.29) is 28.4 Å². The van der Waals surface area contributed by atoms with Crippen LogP contribution in [0.15, 0.2) is 17.5 Å². The molecule has 0 aliphatic carbocycles. The SMILES string of the molecule is COc1cc(OC)nc(Oc2ccsc2C(=O)O)n1. The topological polar surface area (TPSA) is 90.8 Å². The van der Waals surface area contributed by atoms with E-state index in [2.05, 4.69) is 9.97 Å². The van der Waals surface area contributed by atoms with E-state index < -0.39 is 5.97 Å². The fraction of sp³-hybridized carbons (Fsp3) is 0.182. The highest BCUT2D eigenvalue weighted by Crippen LogP contribution is 2.29. The summed E-state index contributed by atoms with van der Waals surface area (Å²) in [5, 5.41) is 10.6. The quantitative estimate of drug-likeness (QED) is 0.897. The molecule has 0 bridgehead atoms. The highest BCUT2D eigenvalue weighted by atomic mass is 32.1. The van der Waals surface area contributed by atoms with E-state index in [1.165, 1.54) is 26.4 Å². The van der Waals surface area contributed by atoms with Gasteiger partial charge in [-0.2, -0.15) is 9.97 Å². The van der Waals surface area contributed by atoms with Gasteiger partial charge in [-0.1, -0.05) is 0 Å². The van der Waals surface area contributed by atoms with Crippen molar-refractivity contribution in [3.8, 4) is 23.5 Å². The number of hydrogen-bond acceptors (Lipinski definition) is 7. The molecule has 7 nitrogen and oxygen atoms in total. The number of ether oxygens (including phenoxy) is 3. The molecule has 0 saturated carbocycles. The van der Waals surface area contributed by atoms with Crippen LogP contribution in [0, 0.1) is 0 Å². The molecule has 0 aliphatic rings. The van der Waals surface area contributed by atoms with Crippen molar-refractivity contribution in [3.05, 3.63) is 22.4 Å². The van der Waals surface area contributed by atoms with Crippen molar-refractivity contribution in [2.75, 3.05) is 14.2 Å². The van der Waals surface area contributed by atoms with Gasteiger partial charge >= 0.3 is 12.0 Å². The molecule has 0 unspecified atom stereocenters. The third-order valence-corrected chi connectivity index (χ3v) is 2.99. The molecule has 2 aromatic heterocycles. The highest BCUT2D eigenvalue weighted by Gasteiger charge is 2.16. The molecule has 0 aliphatic heterocycles. The Labute approximate surface area is 112 Å². The minimum absolute atomic E-state index is 0.0444. The summed E-state index contributed by atoms with van der Waals surface area (Å²) in [5.74, 6) is -0.379. The molecule has 0 spiro atoms. The Kier molecular flexibility index (Phi) is 3.81. The minimum Gasteiger partial charge on any atom is -0.481 e. The van der Waals surface area contributed by atoms with Crippen LogP contribution in [0.1, 0.15) is 9.67 Å². The van der Waals surface area contributed by atoms with Crippen molar-refractivity contribution in [1.82, 2.24) is 9.97 Å². The van der Waals surface area contributed by atoms with Crippen molar-refractivity contribution in [2.24, 2.45) is 0 Å². The summed E-state index contributed by atoms with van der Waals surface area (Å²) in [7, 11) is 2.89. The predicted molar refractivity (Wildman–Crippen MR) is 66.5 cm³/mol. The first-order valence-electron chi connectivity index (χ1n) is 5.09. The Hall–Kier alpha value is -2.35. The van der Waals surface area contributed by atoms with Crippen LogP contribution in [0.3, 0.4) is 0 Å². The summed E-state index contributed by atoms with van der Waals surface area (Å²) in [6, 6.07) is 2.97. The van der Waals surface area contributed by atoms with E-state index in [1.54, 1.807) is 5.38 Å². The number of aromatic nitrogens is 2. The Bertz CT molecular complexity index is 576. The number of carbonyl (C=O) groups is 1.